The lowest BCUT2D eigenvalue weighted by molar-refractivity contribution is -0.148. The molecule has 1 aliphatic heterocycles. The van der Waals surface area contributed by atoms with Crippen LogP contribution in [0.2, 0.25) is 0 Å². The summed E-state index contributed by atoms with van der Waals surface area (Å²) in [5, 5.41) is 1.01. The minimum atomic E-state index is -1.57. The largest absolute Gasteiger partial charge is 0.493 e. The molecule has 0 radical (unpaired) electrons. The third kappa shape index (κ3) is 8.05. The highest BCUT2D eigenvalue weighted by Gasteiger charge is 2.41. The molecule has 7 nitrogen and oxygen atoms in total. The quantitative estimate of drug-likeness (QED) is 0.166. The van der Waals surface area contributed by atoms with E-state index in [0.717, 1.165) is 16.5 Å². The zero-order valence-electron chi connectivity index (χ0n) is 24.8. The van der Waals surface area contributed by atoms with Crippen molar-refractivity contribution >= 4 is 16.9 Å². The maximum atomic E-state index is 15.7. The lowest BCUT2D eigenvalue weighted by atomic mass is 9.87. The number of aromatic nitrogens is 1. The van der Waals surface area contributed by atoms with Crippen LogP contribution < -0.4 is 4.74 Å². The third-order valence-corrected chi connectivity index (χ3v) is 7.21. The van der Waals surface area contributed by atoms with Gasteiger partial charge in [-0.3, -0.25) is 4.90 Å². The van der Waals surface area contributed by atoms with Gasteiger partial charge < -0.3 is 23.9 Å². The van der Waals surface area contributed by atoms with E-state index in [1.807, 2.05) is 36.1 Å². The number of benzene rings is 2. The zero-order chi connectivity index (χ0) is 30.3. The number of hydrogen-bond acceptors (Lipinski definition) is 6. The molecule has 0 saturated carbocycles. The first kappa shape index (κ1) is 31.8. The predicted octanol–water partition coefficient (Wildman–Crippen LogP) is 6.29. The Labute approximate surface area is 245 Å². The van der Waals surface area contributed by atoms with Gasteiger partial charge in [-0.2, -0.15) is 0 Å². The van der Waals surface area contributed by atoms with Gasteiger partial charge in [-0.1, -0.05) is 18.2 Å². The Kier molecular flexibility index (Phi) is 10.9. The number of nitrogens with one attached hydrogen (secondary N) is 1. The van der Waals surface area contributed by atoms with Crippen molar-refractivity contribution in [3.05, 3.63) is 64.9 Å². The maximum Gasteiger partial charge on any atom is 0.332 e. The summed E-state index contributed by atoms with van der Waals surface area (Å²) in [4.78, 5) is 16.4. The number of esters is 1. The van der Waals surface area contributed by atoms with Crippen LogP contribution in [0.25, 0.3) is 10.9 Å². The van der Waals surface area contributed by atoms with Crippen molar-refractivity contribution in [1.29, 1.82) is 0 Å². The third-order valence-electron chi connectivity index (χ3n) is 7.21. The number of fused-ring (bicyclic) bond motifs is 3. The average molecular weight is 591 g/mol. The van der Waals surface area contributed by atoms with Crippen LogP contribution in [-0.2, 0) is 25.4 Å². The van der Waals surface area contributed by atoms with E-state index in [0.29, 0.717) is 51.4 Å². The van der Waals surface area contributed by atoms with E-state index in [1.54, 1.807) is 6.92 Å². The van der Waals surface area contributed by atoms with Crippen molar-refractivity contribution in [2.45, 2.75) is 64.7 Å². The number of halogens is 3. The summed E-state index contributed by atoms with van der Waals surface area (Å²) < 4.78 is 67.6. The second-order valence-corrected chi connectivity index (χ2v) is 11.2. The smallest absolute Gasteiger partial charge is 0.332 e. The molecule has 1 aromatic heterocycles. The first-order valence-electron chi connectivity index (χ1n) is 14.6. The molecular formula is C32H41F3N2O5. The molecule has 0 amide bonds. The average Bonchev–Trinajstić information content (AvgIpc) is 3.28. The van der Waals surface area contributed by atoms with Crippen LogP contribution in [0.3, 0.4) is 0 Å². The molecule has 0 unspecified atom stereocenters. The standard InChI is InChI=1S/C32H41F3N2O5/c1-5-41-28(38)19-40-14-8-12-39-13-9-15-42-22-17-25(33)29(26(34)18-22)31-30-24(23-10-6-7-11-27(23)36-30)16-21(2)37(31)20-32(3,4)35/h6-7,10-11,17-18,21,31,36H,5,8-9,12-16,19-20H2,1-4H3/t21-,31-/m1/s1. The number of alkyl halides is 1. The van der Waals surface area contributed by atoms with Crippen LogP contribution in [-0.4, -0.2) is 73.7 Å². The Balaban J connectivity index is 1.39. The molecule has 10 heteroatoms. The molecule has 1 aliphatic rings. The second-order valence-electron chi connectivity index (χ2n) is 11.2. The lowest BCUT2D eigenvalue weighted by Gasteiger charge is -2.43. The highest BCUT2D eigenvalue weighted by atomic mass is 19.1. The molecule has 4 rings (SSSR count). The van der Waals surface area contributed by atoms with Gasteiger partial charge in [0.15, 0.2) is 0 Å². The molecular weight excluding hydrogens is 549 g/mol. The van der Waals surface area contributed by atoms with E-state index in [4.69, 9.17) is 18.9 Å². The van der Waals surface area contributed by atoms with E-state index >= 15 is 8.78 Å². The van der Waals surface area contributed by atoms with Crippen LogP contribution in [0.5, 0.6) is 5.75 Å². The van der Waals surface area contributed by atoms with Crippen molar-refractivity contribution in [2.75, 3.05) is 46.2 Å². The fraction of sp³-hybridized carbons (Fsp3) is 0.531. The molecule has 0 saturated heterocycles. The van der Waals surface area contributed by atoms with Crippen molar-refractivity contribution in [2.24, 2.45) is 0 Å². The number of H-pyrrole nitrogens is 1. The zero-order valence-corrected chi connectivity index (χ0v) is 24.8. The van der Waals surface area contributed by atoms with Gasteiger partial charge in [-0.05, 0) is 52.2 Å². The molecule has 42 heavy (non-hydrogen) atoms. The Hall–Kier alpha value is -3.08. The minimum absolute atomic E-state index is 0.0162. The summed E-state index contributed by atoms with van der Waals surface area (Å²) in [6, 6.07) is 9.20. The van der Waals surface area contributed by atoms with Crippen LogP contribution in [0, 0.1) is 11.6 Å². The normalized spacial score (nSPS) is 17.4. The summed E-state index contributed by atoms with van der Waals surface area (Å²) in [5.74, 6) is -1.79. The molecule has 230 valence electrons. The molecule has 0 fully saturated rings. The Bertz CT molecular complexity index is 1320. The molecule has 1 N–H and O–H groups in total. The van der Waals surface area contributed by atoms with Crippen LogP contribution in [0.1, 0.15) is 63.4 Å². The van der Waals surface area contributed by atoms with Gasteiger partial charge >= 0.3 is 5.97 Å². The van der Waals surface area contributed by atoms with Gasteiger partial charge in [0.1, 0.15) is 29.7 Å². The highest BCUT2D eigenvalue weighted by Crippen LogP contribution is 2.43. The summed E-state index contributed by atoms with van der Waals surface area (Å²) in [6.07, 6.45) is 1.78. The van der Waals surface area contributed by atoms with Crippen LogP contribution in [0.4, 0.5) is 13.2 Å². The number of carbonyl (C=O) groups excluding carboxylic acids is 1. The summed E-state index contributed by atoms with van der Waals surface area (Å²) in [6.45, 7) is 8.35. The minimum Gasteiger partial charge on any atom is -0.493 e. The number of rotatable bonds is 15. The predicted molar refractivity (Wildman–Crippen MR) is 155 cm³/mol. The molecule has 2 aromatic carbocycles. The van der Waals surface area contributed by atoms with Gasteiger partial charge in [0.2, 0.25) is 0 Å². The molecule has 0 spiro atoms. The van der Waals surface area contributed by atoms with Crippen molar-refractivity contribution < 1.29 is 36.9 Å². The van der Waals surface area contributed by atoms with Gasteiger partial charge in [-0.25, -0.2) is 18.0 Å². The summed E-state index contributed by atoms with van der Waals surface area (Å²) in [7, 11) is 0. The number of nitrogens with zero attached hydrogens (tertiary/aromatic N) is 1. The van der Waals surface area contributed by atoms with Gasteiger partial charge in [-0.15, -0.1) is 0 Å². The monoisotopic (exact) mass is 590 g/mol. The van der Waals surface area contributed by atoms with E-state index in [2.05, 4.69) is 4.98 Å². The molecule has 0 aliphatic carbocycles. The topological polar surface area (TPSA) is 73.0 Å². The first-order chi connectivity index (χ1) is 20.1. The molecule has 3 aromatic rings. The second kappa shape index (κ2) is 14.4. The number of aromatic amines is 1. The Morgan fingerprint density at radius 3 is 2.40 bits per heavy atom. The fourth-order valence-electron chi connectivity index (χ4n) is 5.48. The van der Waals surface area contributed by atoms with E-state index in [9.17, 15) is 9.18 Å². The number of ether oxygens (including phenoxy) is 4. The SMILES string of the molecule is CCOC(=O)COCCCOCCCOc1cc(F)c([C@@H]2c3[nH]c4ccccc4c3C[C@@H](C)N2CC(C)(C)F)c(F)c1. The van der Waals surface area contributed by atoms with Gasteiger partial charge in [0, 0.05) is 73.1 Å². The molecule has 2 atom stereocenters. The molecule has 0 bridgehead atoms. The van der Waals surface area contributed by atoms with E-state index < -0.39 is 29.3 Å². The maximum absolute atomic E-state index is 15.7. The van der Waals surface area contributed by atoms with Crippen molar-refractivity contribution in [1.82, 2.24) is 9.88 Å². The highest BCUT2D eigenvalue weighted by molar-refractivity contribution is 5.85. The van der Waals surface area contributed by atoms with Crippen LogP contribution in [0.15, 0.2) is 36.4 Å². The van der Waals surface area contributed by atoms with Gasteiger partial charge in [0.25, 0.3) is 0 Å². The first-order valence-corrected chi connectivity index (χ1v) is 14.6. The summed E-state index contributed by atoms with van der Waals surface area (Å²) >= 11 is 0. The van der Waals surface area contributed by atoms with Crippen molar-refractivity contribution in [3.63, 3.8) is 0 Å². The van der Waals surface area contributed by atoms with E-state index in [1.165, 1.54) is 26.0 Å². The fourth-order valence-corrected chi connectivity index (χ4v) is 5.48. The summed E-state index contributed by atoms with van der Waals surface area (Å²) in [5.41, 5.74) is 0.880. The Morgan fingerprint density at radius 2 is 1.71 bits per heavy atom. The number of hydrogen-bond donors (Lipinski definition) is 1. The van der Waals surface area contributed by atoms with Crippen LogP contribution >= 0.6 is 0 Å². The number of carbonyl (C=O) groups is 1. The van der Waals surface area contributed by atoms with Crippen molar-refractivity contribution in [3.8, 4) is 5.75 Å². The number of para-hydroxylation sites is 1. The lowest BCUT2D eigenvalue weighted by Crippen LogP contribution is -2.48. The Morgan fingerprint density at radius 1 is 1.05 bits per heavy atom. The van der Waals surface area contributed by atoms with E-state index in [-0.39, 0.29) is 37.1 Å². The van der Waals surface area contributed by atoms with Gasteiger partial charge in [0.05, 0.1) is 19.3 Å². The molecule has 2 heterocycles.